The lowest BCUT2D eigenvalue weighted by Crippen LogP contribution is -2.28. The zero-order valence-corrected chi connectivity index (χ0v) is 10.0. The fraction of sp³-hybridized carbons (Fsp3) is 0.500. The minimum Gasteiger partial charge on any atom is -0.326 e. The number of carbonyl (C=O) groups is 2. The largest absolute Gasteiger partial charge is 0.326 e. The van der Waals surface area contributed by atoms with Gasteiger partial charge in [-0.1, -0.05) is 0 Å². The van der Waals surface area contributed by atoms with Gasteiger partial charge in [0.1, 0.15) is 5.00 Å². The molecule has 1 amide bonds. The summed E-state index contributed by atoms with van der Waals surface area (Å²) in [5, 5.41) is 0.642. The first-order chi connectivity index (χ1) is 7.50. The van der Waals surface area contributed by atoms with Crippen LogP contribution in [0.25, 0.3) is 0 Å². The molecule has 1 saturated heterocycles. The lowest BCUT2D eigenvalue weighted by molar-refractivity contribution is -0.117. The molecule has 1 aliphatic rings. The van der Waals surface area contributed by atoms with Crippen LogP contribution < -0.4 is 10.6 Å². The molecule has 1 unspecified atom stereocenters. The SMILES string of the molecule is CC(=O)c1c(C)nsc1N1CC(N)CC1=O. The van der Waals surface area contributed by atoms with Crippen LogP contribution in [0.3, 0.4) is 0 Å². The van der Waals surface area contributed by atoms with Gasteiger partial charge in [-0.15, -0.1) is 0 Å². The van der Waals surface area contributed by atoms with Gasteiger partial charge < -0.3 is 10.6 Å². The molecular weight excluding hydrogens is 226 g/mol. The maximum atomic E-state index is 11.7. The van der Waals surface area contributed by atoms with Crippen molar-refractivity contribution in [3.63, 3.8) is 0 Å². The van der Waals surface area contributed by atoms with E-state index in [4.69, 9.17) is 5.73 Å². The Hall–Kier alpha value is -1.27. The summed E-state index contributed by atoms with van der Waals surface area (Å²) < 4.78 is 4.13. The van der Waals surface area contributed by atoms with Crippen molar-refractivity contribution in [1.82, 2.24) is 4.37 Å². The predicted molar refractivity (Wildman–Crippen MR) is 61.8 cm³/mol. The van der Waals surface area contributed by atoms with Gasteiger partial charge in [0, 0.05) is 19.0 Å². The minimum atomic E-state index is -0.144. The van der Waals surface area contributed by atoms with Gasteiger partial charge in [0.05, 0.1) is 11.3 Å². The summed E-state index contributed by atoms with van der Waals surface area (Å²) in [6, 6.07) is -0.144. The molecule has 6 heteroatoms. The summed E-state index contributed by atoms with van der Waals surface area (Å²) in [6.45, 7) is 3.73. The molecule has 86 valence electrons. The summed E-state index contributed by atoms with van der Waals surface area (Å²) in [5.74, 6) is -0.0897. The van der Waals surface area contributed by atoms with Gasteiger partial charge in [0.25, 0.3) is 0 Å². The van der Waals surface area contributed by atoms with Crippen LogP contribution in [0.15, 0.2) is 0 Å². The molecule has 16 heavy (non-hydrogen) atoms. The van der Waals surface area contributed by atoms with Crippen molar-refractivity contribution in [2.45, 2.75) is 26.3 Å². The third kappa shape index (κ3) is 1.74. The number of nitrogens with two attached hydrogens (primary N) is 1. The molecule has 1 atom stereocenters. The van der Waals surface area contributed by atoms with E-state index in [2.05, 4.69) is 4.37 Å². The van der Waals surface area contributed by atoms with Crippen LogP contribution in [0, 0.1) is 6.92 Å². The lowest BCUT2D eigenvalue weighted by Gasteiger charge is -2.14. The predicted octanol–water partition coefficient (Wildman–Crippen LogP) is 0.718. The minimum absolute atomic E-state index is 0.0290. The molecule has 0 aromatic carbocycles. The van der Waals surface area contributed by atoms with Crippen LogP contribution in [0.5, 0.6) is 0 Å². The second-order valence-corrected chi connectivity index (χ2v) is 4.72. The van der Waals surface area contributed by atoms with Crippen LogP contribution in [-0.4, -0.2) is 28.7 Å². The maximum Gasteiger partial charge on any atom is 0.229 e. The fourth-order valence-corrected chi connectivity index (χ4v) is 2.85. The molecule has 5 nitrogen and oxygen atoms in total. The molecule has 0 saturated carbocycles. The van der Waals surface area contributed by atoms with Gasteiger partial charge in [-0.05, 0) is 25.4 Å². The van der Waals surface area contributed by atoms with Gasteiger partial charge in [0.15, 0.2) is 5.78 Å². The van der Waals surface area contributed by atoms with Gasteiger partial charge in [0.2, 0.25) is 5.91 Å². The molecule has 1 aromatic heterocycles. The van der Waals surface area contributed by atoms with Crippen LogP contribution in [0.4, 0.5) is 5.00 Å². The van der Waals surface area contributed by atoms with Crippen molar-refractivity contribution in [3.05, 3.63) is 11.3 Å². The first-order valence-corrected chi connectivity index (χ1v) is 5.81. The second-order valence-electron chi connectivity index (χ2n) is 3.97. The van der Waals surface area contributed by atoms with Crippen LogP contribution in [0.1, 0.15) is 29.4 Å². The second kappa shape index (κ2) is 3.95. The summed E-state index contributed by atoms with van der Waals surface area (Å²) in [7, 11) is 0. The number of nitrogens with zero attached hydrogens (tertiary/aromatic N) is 2. The molecule has 0 spiro atoms. The number of hydrogen-bond acceptors (Lipinski definition) is 5. The van der Waals surface area contributed by atoms with E-state index in [-0.39, 0.29) is 17.7 Å². The number of hydrogen-bond donors (Lipinski definition) is 1. The molecule has 1 aromatic rings. The lowest BCUT2D eigenvalue weighted by atomic mass is 10.2. The Labute approximate surface area is 97.4 Å². The molecule has 2 N–H and O–H groups in total. The number of carbonyl (C=O) groups excluding carboxylic acids is 2. The Kier molecular flexibility index (Phi) is 2.77. The number of aryl methyl sites for hydroxylation is 1. The normalized spacial score (nSPS) is 20.6. The van der Waals surface area contributed by atoms with Crippen LogP contribution >= 0.6 is 11.5 Å². The highest BCUT2D eigenvalue weighted by Gasteiger charge is 2.32. The monoisotopic (exact) mass is 239 g/mol. The molecule has 0 bridgehead atoms. The molecule has 0 aliphatic carbocycles. The average Bonchev–Trinajstić information content (AvgIpc) is 2.69. The van der Waals surface area contributed by atoms with E-state index in [1.54, 1.807) is 11.8 Å². The molecule has 2 heterocycles. The van der Waals surface area contributed by atoms with E-state index in [0.717, 1.165) is 0 Å². The van der Waals surface area contributed by atoms with E-state index in [9.17, 15) is 9.59 Å². The average molecular weight is 239 g/mol. The van der Waals surface area contributed by atoms with E-state index in [1.165, 1.54) is 18.5 Å². The van der Waals surface area contributed by atoms with Gasteiger partial charge in [-0.3, -0.25) is 9.59 Å². The van der Waals surface area contributed by atoms with E-state index in [1.807, 2.05) is 0 Å². The van der Waals surface area contributed by atoms with Crippen LogP contribution in [-0.2, 0) is 4.79 Å². The van der Waals surface area contributed by atoms with Gasteiger partial charge >= 0.3 is 0 Å². The van der Waals surface area contributed by atoms with E-state index >= 15 is 0 Å². The van der Waals surface area contributed by atoms with Crippen molar-refractivity contribution in [1.29, 1.82) is 0 Å². The highest BCUT2D eigenvalue weighted by atomic mass is 32.1. The standard InChI is InChI=1S/C10H13N3O2S/c1-5-9(6(2)14)10(16-12-5)13-4-7(11)3-8(13)15/h7H,3-4,11H2,1-2H3. The maximum absolute atomic E-state index is 11.7. The number of aromatic nitrogens is 1. The zero-order chi connectivity index (χ0) is 11.9. The Morgan fingerprint density at radius 3 is 2.81 bits per heavy atom. The molecule has 1 fully saturated rings. The number of amides is 1. The van der Waals surface area contributed by atoms with Crippen molar-refractivity contribution in [2.75, 3.05) is 11.4 Å². The smallest absolute Gasteiger partial charge is 0.229 e. The third-order valence-electron chi connectivity index (χ3n) is 2.60. The number of Topliss-reactive ketones (excluding diaryl/α,β-unsaturated/α-hetero) is 1. The summed E-state index contributed by atoms with van der Waals surface area (Å²) in [5.41, 5.74) is 6.95. The van der Waals surface area contributed by atoms with Crippen molar-refractivity contribution in [3.8, 4) is 0 Å². The summed E-state index contributed by atoms with van der Waals surface area (Å²) in [4.78, 5) is 24.7. The van der Waals surface area contributed by atoms with E-state index < -0.39 is 0 Å². The quantitative estimate of drug-likeness (QED) is 0.771. The topological polar surface area (TPSA) is 76.3 Å². The Morgan fingerprint density at radius 1 is 1.62 bits per heavy atom. The highest BCUT2D eigenvalue weighted by Crippen LogP contribution is 2.31. The van der Waals surface area contributed by atoms with Crippen molar-refractivity contribution >= 4 is 28.2 Å². The first kappa shape index (κ1) is 11.2. The first-order valence-electron chi connectivity index (χ1n) is 5.04. The highest BCUT2D eigenvalue weighted by molar-refractivity contribution is 7.11. The molecular formula is C10H13N3O2S. The zero-order valence-electron chi connectivity index (χ0n) is 9.19. The molecule has 1 aliphatic heterocycles. The molecule has 2 rings (SSSR count). The van der Waals surface area contributed by atoms with Crippen LogP contribution in [0.2, 0.25) is 0 Å². The van der Waals surface area contributed by atoms with Crippen molar-refractivity contribution < 1.29 is 9.59 Å². The third-order valence-corrected chi connectivity index (χ3v) is 3.56. The summed E-state index contributed by atoms with van der Waals surface area (Å²) >= 11 is 1.19. The summed E-state index contributed by atoms with van der Waals surface area (Å²) in [6.07, 6.45) is 0.342. The Bertz CT molecular complexity index is 455. The van der Waals surface area contributed by atoms with E-state index in [0.29, 0.717) is 29.2 Å². The Morgan fingerprint density at radius 2 is 2.31 bits per heavy atom. The fourth-order valence-electron chi connectivity index (χ4n) is 1.88. The van der Waals surface area contributed by atoms with Gasteiger partial charge in [-0.25, -0.2) is 0 Å². The van der Waals surface area contributed by atoms with Gasteiger partial charge in [-0.2, -0.15) is 4.37 Å². The number of rotatable bonds is 2. The number of ketones is 1. The number of anilines is 1. The molecule has 0 radical (unpaired) electrons. The van der Waals surface area contributed by atoms with Crippen molar-refractivity contribution in [2.24, 2.45) is 5.73 Å². The Balaban J connectivity index is 2.41.